The van der Waals surface area contributed by atoms with E-state index in [1.807, 2.05) is 6.07 Å². The molecule has 1 aliphatic heterocycles. The molecule has 7 heteroatoms. The molecular weight excluding hydrogens is 360 g/mol. The van der Waals surface area contributed by atoms with E-state index in [0.29, 0.717) is 29.2 Å². The molecule has 1 amide bonds. The molecule has 0 bridgehead atoms. The molecule has 28 heavy (non-hydrogen) atoms. The molecule has 0 unspecified atom stereocenters. The van der Waals surface area contributed by atoms with Crippen LogP contribution in [0.3, 0.4) is 0 Å². The highest BCUT2D eigenvalue weighted by Crippen LogP contribution is 2.17. The van der Waals surface area contributed by atoms with Crippen LogP contribution in [0, 0.1) is 11.3 Å². The predicted octanol–water partition coefficient (Wildman–Crippen LogP) is 2.91. The molecular formula is C21H20N2O5. The van der Waals surface area contributed by atoms with Crippen LogP contribution >= 0.6 is 0 Å². The molecule has 1 N–H and O–H groups in total. The molecule has 2 aromatic rings. The van der Waals surface area contributed by atoms with Gasteiger partial charge in [-0.15, -0.1) is 0 Å². The quantitative estimate of drug-likeness (QED) is 0.742. The van der Waals surface area contributed by atoms with Crippen LogP contribution in [-0.2, 0) is 14.3 Å². The molecule has 0 saturated carbocycles. The summed E-state index contributed by atoms with van der Waals surface area (Å²) in [4.78, 5) is 24.0. The lowest BCUT2D eigenvalue weighted by atomic mass is 10.2. The van der Waals surface area contributed by atoms with Gasteiger partial charge in [-0.25, -0.2) is 4.79 Å². The lowest BCUT2D eigenvalue weighted by molar-refractivity contribution is -0.119. The van der Waals surface area contributed by atoms with Crippen LogP contribution in [0.5, 0.6) is 5.75 Å². The Hall–Kier alpha value is -3.37. The van der Waals surface area contributed by atoms with Crippen molar-refractivity contribution < 1.29 is 23.8 Å². The number of ether oxygens (including phenoxy) is 3. The average molecular weight is 380 g/mol. The van der Waals surface area contributed by atoms with Crippen molar-refractivity contribution in [3.8, 4) is 11.8 Å². The number of rotatable bonds is 7. The van der Waals surface area contributed by atoms with Gasteiger partial charge in [0.25, 0.3) is 5.91 Å². The number of carbonyl (C=O) groups excluding carboxylic acids is 2. The van der Waals surface area contributed by atoms with Crippen molar-refractivity contribution >= 4 is 17.6 Å². The number of hydrogen-bond acceptors (Lipinski definition) is 6. The second-order valence-corrected chi connectivity index (χ2v) is 6.29. The highest BCUT2D eigenvalue weighted by molar-refractivity contribution is 5.95. The second kappa shape index (κ2) is 9.53. The lowest BCUT2D eigenvalue weighted by Crippen LogP contribution is -2.21. The molecule has 2 aromatic carbocycles. The van der Waals surface area contributed by atoms with E-state index in [2.05, 4.69) is 5.32 Å². The molecule has 0 spiro atoms. The van der Waals surface area contributed by atoms with E-state index in [1.165, 1.54) is 6.07 Å². The van der Waals surface area contributed by atoms with Crippen LogP contribution in [0.1, 0.15) is 28.8 Å². The van der Waals surface area contributed by atoms with Crippen molar-refractivity contribution in [2.75, 3.05) is 25.1 Å². The van der Waals surface area contributed by atoms with Gasteiger partial charge in [0.1, 0.15) is 12.4 Å². The first-order valence-corrected chi connectivity index (χ1v) is 8.95. The van der Waals surface area contributed by atoms with Gasteiger partial charge in [0, 0.05) is 12.3 Å². The number of nitrogens with zero attached hydrogens (tertiary/aromatic N) is 1. The number of nitriles is 1. The Morgan fingerprint density at radius 3 is 2.75 bits per heavy atom. The maximum Gasteiger partial charge on any atom is 0.338 e. The first-order valence-electron chi connectivity index (χ1n) is 8.95. The van der Waals surface area contributed by atoms with E-state index in [4.69, 9.17) is 19.5 Å². The number of nitrogens with one attached hydrogen (secondary N) is 1. The summed E-state index contributed by atoms with van der Waals surface area (Å²) in [6, 6.07) is 15.0. The largest absolute Gasteiger partial charge is 0.491 e. The minimum Gasteiger partial charge on any atom is -0.491 e. The molecule has 0 radical (unpaired) electrons. The van der Waals surface area contributed by atoms with Gasteiger partial charge in [-0.2, -0.15) is 5.26 Å². The van der Waals surface area contributed by atoms with Crippen molar-refractivity contribution in [2.24, 2.45) is 0 Å². The number of anilines is 1. The molecule has 0 aromatic heterocycles. The monoisotopic (exact) mass is 380 g/mol. The zero-order valence-electron chi connectivity index (χ0n) is 15.2. The van der Waals surface area contributed by atoms with Gasteiger partial charge < -0.3 is 19.5 Å². The van der Waals surface area contributed by atoms with Crippen molar-refractivity contribution in [1.29, 1.82) is 5.26 Å². The Balaban J connectivity index is 1.44. The minimum atomic E-state index is -0.605. The van der Waals surface area contributed by atoms with E-state index in [9.17, 15) is 9.59 Å². The number of amides is 1. The Kier molecular flexibility index (Phi) is 6.60. The summed E-state index contributed by atoms with van der Waals surface area (Å²) in [5.41, 5.74) is 1.22. The molecule has 1 heterocycles. The number of esters is 1. The smallest absolute Gasteiger partial charge is 0.338 e. The number of hydrogen-bond donors (Lipinski definition) is 1. The van der Waals surface area contributed by atoms with Gasteiger partial charge in [-0.05, 0) is 55.3 Å². The maximum absolute atomic E-state index is 12.1. The molecule has 144 valence electrons. The molecule has 1 fully saturated rings. The van der Waals surface area contributed by atoms with Gasteiger partial charge in [-0.3, -0.25) is 4.79 Å². The predicted molar refractivity (Wildman–Crippen MR) is 101 cm³/mol. The standard InChI is InChI=1S/C21H20N2O5/c22-12-15-3-1-4-17(11-15)23-20(24)14-28-21(25)16-6-8-18(9-7-16)27-13-19-5-2-10-26-19/h1,3-4,6-9,11,19H,2,5,10,13-14H2,(H,23,24)/t19-/m0/s1. The minimum absolute atomic E-state index is 0.122. The van der Waals surface area contributed by atoms with Gasteiger partial charge in [-0.1, -0.05) is 6.07 Å². The number of carbonyl (C=O) groups is 2. The summed E-state index contributed by atoms with van der Waals surface area (Å²) in [5, 5.41) is 11.4. The fourth-order valence-electron chi connectivity index (χ4n) is 2.73. The summed E-state index contributed by atoms with van der Waals surface area (Å²) in [6.07, 6.45) is 2.17. The Morgan fingerprint density at radius 2 is 2.04 bits per heavy atom. The number of benzene rings is 2. The normalized spacial score (nSPS) is 15.5. The zero-order chi connectivity index (χ0) is 19.8. The molecule has 0 aliphatic carbocycles. The highest BCUT2D eigenvalue weighted by Gasteiger charge is 2.16. The third-order valence-corrected chi connectivity index (χ3v) is 4.16. The summed E-state index contributed by atoms with van der Waals surface area (Å²) in [7, 11) is 0. The van der Waals surface area contributed by atoms with Crippen molar-refractivity contribution in [3.63, 3.8) is 0 Å². The third kappa shape index (κ3) is 5.56. The van der Waals surface area contributed by atoms with E-state index in [-0.39, 0.29) is 6.10 Å². The van der Waals surface area contributed by atoms with Gasteiger partial charge in [0.15, 0.2) is 6.61 Å². The summed E-state index contributed by atoms with van der Waals surface area (Å²) in [6.45, 7) is 0.833. The third-order valence-electron chi connectivity index (χ3n) is 4.16. The summed E-state index contributed by atoms with van der Waals surface area (Å²) < 4.78 is 16.2. The van der Waals surface area contributed by atoms with Gasteiger partial charge in [0.2, 0.25) is 0 Å². The molecule has 3 rings (SSSR count). The topological polar surface area (TPSA) is 97.7 Å². The van der Waals surface area contributed by atoms with Crippen molar-refractivity contribution in [3.05, 3.63) is 59.7 Å². The second-order valence-electron chi connectivity index (χ2n) is 6.29. The summed E-state index contributed by atoms with van der Waals surface area (Å²) in [5.74, 6) is -0.450. The van der Waals surface area contributed by atoms with Crippen LogP contribution < -0.4 is 10.1 Å². The van der Waals surface area contributed by atoms with Crippen LogP contribution in [0.2, 0.25) is 0 Å². The van der Waals surface area contributed by atoms with E-state index in [0.717, 1.165) is 19.4 Å². The Morgan fingerprint density at radius 1 is 1.21 bits per heavy atom. The lowest BCUT2D eigenvalue weighted by Gasteiger charge is -2.11. The molecule has 1 atom stereocenters. The van der Waals surface area contributed by atoms with Gasteiger partial charge >= 0.3 is 5.97 Å². The fourth-order valence-corrected chi connectivity index (χ4v) is 2.73. The molecule has 1 saturated heterocycles. The van der Waals surface area contributed by atoms with Crippen LogP contribution in [0.4, 0.5) is 5.69 Å². The average Bonchev–Trinajstić information content (AvgIpc) is 3.24. The zero-order valence-corrected chi connectivity index (χ0v) is 15.2. The van der Waals surface area contributed by atoms with Crippen LogP contribution in [-0.4, -0.2) is 37.8 Å². The van der Waals surface area contributed by atoms with Crippen LogP contribution in [0.15, 0.2) is 48.5 Å². The van der Waals surface area contributed by atoms with Crippen LogP contribution in [0.25, 0.3) is 0 Å². The SMILES string of the molecule is N#Cc1cccc(NC(=O)COC(=O)c2ccc(OC[C@@H]3CCCO3)cc2)c1. The maximum atomic E-state index is 12.1. The van der Waals surface area contributed by atoms with E-state index >= 15 is 0 Å². The van der Waals surface area contributed by atoms with Gasteiger partial charge in [0.05, 0.1) is 23.3 Å². The first-order chi connectivity index (χ1) is 13.6. The summed E-state index contributed by atoms with van der Waals surface area (Å²) >= 11 is 0. The first kappa shape index (κ1) is 19.4. The fraction of sp³-hybridized carbons (Fsp3) is 0.286. The van der Waals surface area contributed by atoms with Crippen molar-refractivity contribution in [2.45, 2.75) is 18.9 Å². The highest BCUT2D eigenvalue weighted by atomic mass is 16.5. The Bertz CT molecular complexity index is 867. The Labute approximate surface area is 162 Å². The molecule has 7 nitrogen and oxygen atoms in total. The van der Waals surface area contributed by atoms with E-state index < -0.39 is 18.5 Å². The van der Waals surface area contributed by atoms with Crippen molar-refractivity contribution in [1.82, 2.24) is 0 Å². The molecule has 1 aliphatic rings. The van der Waals surface area contributed by atoms with E-state index in [1.54, 1.807) is 42.5 Å².